The molecule has 1 rings (SSSR count). The second-order valence-corrected chi connectivity index (χ2v) is 3.94. The first-order valence-corrected chi connectivity index (χ1v) is 5.81. The molecule has 100 valence electrons. The van der Waals surface area contributed by atoms with Crippen molar-refractivity contribution in [3.05, 3.63) is 23.8 Å². The molecular formula is C13H20N2O3. The molecule has 0 radical (unpaired) electrons. The molecule has 0 atom stereocenters. The minimum absolute atomic E-state index is 0.0980. The van der Waals surface area contributed by atoms with Crippen LogP contribution in [0.3, 0.4) is 0 Å². The maximum Gasteiger partial charge on any atom is 0.257 e. The summed E-state index contributed by atoms with van der Waals surface area (Å²) in [5.41, 5.74) is 5.93. The van der Waals surface area contributed by atoms with E-state index >= 15 is 0 Å². The van der Waals surface area contributed by atoms with Gasteiger partial charge in [-0.3, -0.25) is 4.79 Å². The molecule has 0 aromatic heterocycles. The fourth-order valence-corrected chi connectivity index (χ4v) is 1.62. The first kappa shape index (κ1) is 14.3. The molecule has 0 aliphatic rings. The Morgan fingerprint density at radius 2 is 2.06 bits per heavy atom. The molecule has 0 aliphatic carbocycles. The number of benzene rings is 1. The lowest BCUT2D eigenvalue weighted by molar-refractivity contribution is 0.0790. The topological polar surface area (TPSA) is 64.8 Å². The highest BCUT2D eigenvalue weighted by Crippen LogP contribution is 2.24. The smallest absolute Gasteiger partial charge is 0.257 e. The molecule has 0 unspecified atom stereocenters. The normalized spacial score (nSPS) is 10.0. The van der Waals surface area contributed by atoms with Gasteiger partial charge in [0.25, 0.3) is 5.91 Å². The second-order valence-electron chi connectivity index (χ2n) is 3.94. The van der Waals surface area contributed by atoms with E-state index in [2.05, 4.69) is 0 Å². The molecule has 18 heavy (non-hydrogen) atoms. The third-order valence-corrected chi connectivity index (χ3v) is 2.68. The molecule has 0 saturated carbocycles. The third-order valence-electron chi connectivity index (χ3n) is 2.68. The Balaban J connectivity index is 2.95. The van der Waals surface area contributed by atoms with E-state index < -0.39 is 0 Å². The van der Waals surface area contributed by atoms with Crippen molar-refractivity contribution in [1.82, 2.24) is 4.90 Å². The SMILES string of the molecule is COc1ccc(OC)c(C(=O)N(C)CCCN)c1. The van der Waals surface area contributed by atoms with Crippen molar-refractivity contribution >= 4 is 5.91 Å². The molecule has 1 amide bonds. The van der Waals surface area contributed by atoms with Crippen LogP contribution >= 0.6 is 0 Å². The van der Waals surface area contributed by atoms with Crippen LogP contribution in [0.4, 0.5) is 0 Å². The van der Waals surface area contributed by atoms with Crippen LogP contribution in [-0.2, 0) is 0 Å². The van der Waals surface area contributed by atoms with Gasteiger partial charge in [0.1, 0.15) is 11.5 Å². The zero-order valence-corrected chi connectivity index (χ0v) is 11.1. The predicted octanol–water partition coefficient (Wildman–Crippen LogP) is 1.12. The van der Waals surface area contributed by atoms with Gasteiger partial charge in [0, 0.05) is 13.6 Å². The van der Waals surface area contributed by atoms with Crippen molar-refractivity contribution in [3.63, 3.8) is 0 Å². The minimum Gasteiger partial charge on any atom is -0.497 e. The van der Waals surface area contributed by atoms with Gasteiger partial charge in [-0.25, -0.2) is 0 Å². The van der Waals surface area contributed by atoms with Gasteiger partial charge in [-0.05, 0) is 31.2 Å². The number of ether oxygens (including phenoxy) is 2. The van der Waals surface area contributed by atoms with Gasteiger partial charge in [-0.1, -0.05) is 0 Å². The Morgan fingerprint density at radius 3 is 2.61 bits per heavy atom. The monoisotopic (exact) mass is 252 g/mol. The average Bonchev–Trinajstić information content (AvgIpc) is 2.43. The van der Waals surface area contributed by atoms with Crippen molar-refractivity contribution in [2.24, 2.45) is 5.73 Å². The van der Waals surface area contributed by atoms with Gasteiger partial charge in [0.15, 0.2) is 0 Å². The number of amides is 1. The lowest BCUT2D eigenvalue weighted by Gasteiger charge is -2.18. The largest absolute Gasteiger partial charge is 0.497 e. The van der Waals surface area contributed by atoms with E-state index in [-0.39, 0.29) is 5.91 Å². The quantitative estimate of drug-likeness (QED) is 0.824. The lowest BCUT2D eigenvalue weighted by Crippen LogP contribution is -2.29. The Hall–Kier alpha value is -1.75. The van der Waals surface area contributed by atoms with Gasteiger partial charge in [0.2, 0.25) is 0 Å². The Bertz CT molecular complexity index is 407. The van der Waals surface area contributed by atoms with Gasteiger partial charge in [0.05, 0.1) is 19.8 Å². The van der Waals surface area contributed by atoms with Crippen LogP contribution in [0.15, 0.2) is 18.2 Å². The van der Waals surface area contributed by atoms with Crippen LogP contribution in [0, 0.1) is 0 Å². The summed E-state index contributed by atoms with van der Waals surface area (Å²) in [4.78, 5) is 13.9. The van der Waals surface area contributed by atoms with Crippen molar-refractivity contribution in [1.29, 1.82) is 0 Å². The first-order valence-electron chi connectivity index (χ1n) is 5.81. The number of nitrogens with two attached hydrogens (primary N) is 1. The Labute approximate surface area is 107 Å². The van der Waals surface area contributed by atoms with E-state index in [0.29, 0.717) is 30.2 Å². The first-order chi connectivity index (χ1) is 8.63. The molecule has 1 aromatic carbocycles. The zero-order chi connectivity index (χ0) is 13.5. The van der Waals surface area contributed by atoms with Gasteiger partial charge in [-0.2, -0.15) is 0 Å². The molecule has 5 heteroatoms. The summed E-state index contributed by atoms with van der Waals surface area (Å²) in [6.45, 7) is 1.18. The average molecular weight is 252 g/mol. The van der Waals surface area contributed by atoms with Crippen LogP contribution in [0.5, 0.6) is 11.5 Å². The highest BCUT2D eigenvalue weighted by Gasteiger charge is 2.17. The molecule has 1 aromatic rings. The van der Waals surface area contributed by atoms with Crippen LogP contribution < -0.4 is 15.2 Å². The summed E-state index contributed by atoms with van der Waals surface area (Å²) < 4.78 is 10.3. The molecule has 2 N–H and O–H groups in total. The molecule has 0 heterocycles. The van der Waals surface area contributed by atoms with Crippen molar-refractivity contribution < 1.29 is 14.3 Å². The fourth-order valence-electron chi connectivity index (χ4n) is 1.62. The zero-order valence-electron chi connectivity index (χ0n) is 11.1. The summed E-state index contributed by atoms with van der Waals surface area (Å²) in [5.74, 6) is 1.07. The molecule has 0 fully saturated rings. The molecule has 5 nitrogen and oxygen atoms in total. The summed E-state index contributed by atoms with van der Waals surface area (Å²) in [5, 5.41) is 0. The summed E-state index contributed by atoms with van der Waals surface area (Å²) in [6.07, 6.45) is 0.772. The molecular weight excluding hydrogens is 232 g/mol. The summed E-state index contributed by atoms with van der Waals surface area (Å²) >= 11 is 0. The van der Waals surface area contributed by atoms with E-state index in [1.165, 1.54) is 0 Å². The maximum absolute atomic E-state index is 12.2. The standard InChI is InChI=1S/C13H20N2O3/c1-15(8-4-7-14)13(16)11-9-10(17-2)5-6-12(11)18-3/h5-6,9H,4,7-8,14H2,1-3H3. The number of carbonyl (C=O) groups excluding carboxylic acids is 1. The minimum atomic E-state index is -0.0980. The molecule has 0 bridgehead atoms. The molecule has 0 aliphatic heterocycles. The number of carbonyl (C=O) groups is 1. The van der Waals surface area contributed by atoms with E-state index in [0.717, 1.165) is 6.42 Å². The van der Waals surface area contributed by atoms with Gasteiger partial charge >= 0.3 is 0 Å². The van der Waals surface area contributed by atoms with E-state index in [9.17, 15) is 4.79 Å². The van der Waals surface area contributed by atoms with Crippen molar-refractivity contribution in [3.8, 4) is 11.5 Å². The third kappa shape index (κ3) is 3.37. The van der Waals surface area contributed by atoms with Gasteiger partial charge in [-0.15, -0.1) is 0 Å². The van der Waals surface area contributed by atoms with E-state index in [1.54, 1.807) is 44.4 Å². The summed E-state index contributed by atoms with van der Waals surface area (Å²) in [6, 6.07) is 5.17. The van der Waals surface area contributed by atoms with Crippen LogP contribution in [-0.4, -0.2) is 45.2 Å². The second kappa shape index (κ2) is 6.86. The number of methoxy groups -OCH3 is 2. The fraction of sp³-hybridized carbons (Fsp3) is 0.462. The van der Waals surface area contributed by atoms with Crippen LogP contribution in [0.2, 0.25) is 0 Å². The predicted molar refractivity (Wildman–Crippen MR) is 70.2 cm³/mol. The highest BCUT2D eigenvalue weighted by atomic mass is 16.5. The number of hydrogen-bond donors (Lipinski definition) is 1. The summed E-state index contributed by atoms with van der Waals surface area (Å²) in [7, 11) is 4.85. The Morgan fingerprint density at radius 1 is 1.33 bits per heavy atom. The molecule has 0 saturated heterocycles. The highest BCUT2D eigenvalue weighted by molar-refractivity contribution is 5.97. The van der Waals surface area contributed by atoms with Crippen LogP contribution in [0.1, 0.15) is 16.8 Å². The lowest BCUT2D eigenvalue weighted by atomic mass is 10.1. The Kier molecular flexibility index (Phi) is 5.45. The number of nitrogens with zero attached hydrogens (tertiary/aromatic N) is 1. The molecule has 0 spiro atoms. The van der Waals surface area contributed by atoms with Gasteiger partial charge < -0.3 is 20.1 Å². The van der Waals surface area contributed by atoms with E-state index in [1.807, 2.05) is 0 Å². The van der Waals surface area contributed by atoms with Crippen LogP contribution in [0.25, 0.3) is 0 Å². The van der Waals surface area contributed by atoms with Crippen molar-refractivity contribution in [2.45, 2.75) is 6.42 Å². The number of rotatable bonds is 6. The number of hydrogen-bond acceptors (Lipinski definition) is 4. The van der Waals surface area contributed by atoms with Crippen molar-refractivity contribution in [2.75, 3.05) is 34.4 Å². The van der Waals surface area contributed by atoms with E-state index in [4.69, 9.17) is 15.2 Å². The maximum atomic E-state index is 12.2.